The zero-order chi connectivity index (χ0) is 27.9. The Morgan fingerprint density at radius 3 is 2.10 bits per heavy atom. The number of nitriles is 1. The van der Waals surface area contributed by atoms with E-state index >= 15 is 0 Å². The highest BCUT2D eigenvalue weighted by Gasteiger charge is 2.19. The Balaban J connectivity index is 1.34. The molecule has 3 heterocycles. The minimum Gasteiger partial charge on any atom is -0.454 e. The number of furan rings is 1. The Bertz CT molecular complexity index is 2600. The summed E-state index contributed by atoms with van der Waals surface area (Å²) in [5.74, 6) is 0. The third-order valence-corrected chi connectivity index (χ3v) is 8.59. The topological polar surface area (TPSA) is 46.8 Å². The molecule has 0 amide bonds. The number of rotatable bonds is 2. The van der Waals surface area contributed by atoms with Crippen LogP contribution in [-0.4, -0.2) is 9.13 Å². The van der Waals surface area contributed by atoms with Crippen LogP contribution in [0.15, 0.2) is 126 Å². The van der Waals surface area contributed by atoms with Gasteiger partial charge in [0.05, 0.1) is 39.4 Å². The van der Waals surface area contributed by atoms with E-state index in [1.807, 2.05) is 18.2 Å². The van der Waals surface area contributed by atoms with Crippen molar-refractivity contribution in [3.63, 3.8) is 0 Å². The van der Waals surface area contributed by atoms with Crippen molar-refractivity contribution in [2.75, 3.05) is 0 Å². The molecule has 42 heavy (non-hydrogen) atoms. The molecule has 0 aliphatic carbocycles. The fraction of sp³-hybridized carbons (Fsp3) is 0.0263. The molecule has 0 saturated carbocycles. The Kier molecular flexibility index (Phi) is 4.57. The predicted molar refractivity (Wildman–Crippen MR) is 172 cm³/mol. The van der Waals surface area contributed by atoms with Gasteiger partial charge in [0.1, 0.15) is 5.58 Å². The average Bonchev–Trinajstić information content (AvgIpc) is 3.68. The van der Waals surface area contributed by atoms with Crippen LogP contribution in [0.25, 0.3) is 76.9 Å². The van der Waals surface area contributed by atoms with Crippen LogP contribution in [0.1, 0.15) is 11.1 Å². The largest absolute Gasteiger partial charge is 0.454 e. The summed E-state index contributed by atoms with van der Waals surface area (Å²) in [6, 6.07) is 44.7. The van der Waals surface area contributed by atoms with E-state index in [4.69, 9.17) is 4.42 Å². The van der Waals surface area contributed by atoms with Crippen LogP contribution >= 0.6 is 0 Å². The van der Waals surface area contributed by atoms with Gasteiger partial charge in [0.15, 0.2) is 5.58 Å². The van der Waals surface area contributed by atoms with Crippen molar-refractivity contribution in [2.24, 2.45) is 0 Å². The molecule has 0 aliphatic rings. The second kappa shape index (κ2) is 8.36. The molecule has 0 bridgehead atoms. The van der Waals surface area contributed by atoms with Gasteiger partial charge in [-0.05, 0) is 67.6 Å². The summed E-state index contributed by atoms with van der Waals surface area (Å²) >= 11 is 0. The molecule has 0 spiro atoms. The van der Waals surface area contributed by atoms with Crippen LogP contribution in [0, 0.1) is 18.3 Å². The van der Waals surface area contributed by atoms with Crippen molar-refractivity contribution < 1.29 is 4.42 Å². The minimum atomic E-state index is 0.634. The summed E-state index contributed by atoms with van der Waals surface area (Å²) in [4.78, 5) is 0. The van der Waals surface area contributed by atoms with Crippen LogP contribution < -0.4 is 0 Å². The van der Waals surface area contributed by atoms with Gasteiger partial charge in [0.2, 0.25) is 0 Å². The van der Waals surface area contributed by atoms with Crippen LogP contribution in [0.4, 0.5) is 0 Å². The van der Waals surface area contributed by atoms with Crippen molar-refractivity contribution in [2.45, 2.75) is 6.92 Å². The van der Waals surface area contributed by atoms with Gasteiger partial charge in [-0.25, -0.2) is 0 Å². The number of fused-ring (bicyclic) bond motifs is 9. The van der Waals surface area contributed by atoms with E-state index in [1.165, 1.54) is 27.4 Å². The maximum atomic E-state index is 9.67. The van der Waals surface area contributed by atoms with Gasteiger partial charge in [-0.2, -0.15) is 5.26 Å². The van der Waals surface area contributed by atoms with Crippen molar-refractivity contribution in [1.82, 2.24) is 9.13 Å². The van der Waals surface area contributed by atoms with E-state index in [1.54, 1.807) is 0 Å². The van der Waals surface area contributed by atoms with Gasteiger partial charge in [-0.3, -0.25) is 0 Å². The van der Waals surface area contributed by atoms with Crippen LogP contribution in [-0.2, 0) is 0 Å². The maximum absolute atomic E-state index is 9.67. The van der Waals surface area contributed by atoms with Gasteiger partial charge >= 0.3 is 0 Å². The molecule has 0 atom stereocenters. The van der Waals surface area contributed by atoms with E-state index in [2.05, 4.69) is 125 Å². The molecule has 196 valence electrons. The van der Waals surface area contributed by atoms with E-state index in [0.29, 0.717) is 5.56 Å². The smallest absolute Gasteiger partial charge is 0.159 e. The number of hydrogen-bond acceptors (Lipinski definition) is 2. The van der Waals surface area contributed by atoms with E-state index in [0.717, 1.165) is 55.1 Å². The van der Waals surface area contributed by atoms with Crippen LogP contribution in [0.5, 0.6) is 0 Å². The lowest BCUT2D eigenvalue weighted by Crippen LogP contribution is -1.94. The summed E-state index contributed by atoms with van der Waals surface area (Å²) in [7, 11) is 0. The number of benzene rings is 6. The number of hydrogen-bond donors (Lipinski definition) is 0. The van der Waals surface area contributed by atoms with E-state index in [-0.39, 0.29) is 0 Å². The molecule has 0 aliphatic heterocycles. The third kappa shape index (κ3) is 3.05. The van der Waals surface area contributed by atoms with Crippen molar-refractivity contribution in [3.05, 3.63) is 132 Å². The molecule has 0 saturated heterocycles. The molecule has 9 aromatic rings. The average molecular weight is 538 g/mol. The third-order valence-electron chi connectivity index (χ3n) is 8.59. The van der Waals surface area contributed by atoms with Gasteiger partial charge in [0.25, 0.3) is 0 Å². The lowest BCUT2D eigenvalue weighted by molar-refractivity contribution is 0.666. The zero-order valence-corrected chi connectivity index (χ0v) is 22.8. The van der Waals surface area contributed by atoms with Gasteiger partial charge in [-0.15, -0.1) is 0 Å². The summed E-state index contributed by atoms with van der Waals surface area (Å²) in [5.41, 5.74) is 10.1. The number of aromatic nitrogens is 2. The highest BCUT2D eigenvalue weighted by Crippen LogP contribution is 2.40. The van der Waals surface area contributed by atoms with Crippen molar-refractivity contribution >= 4 is 65.6 Å². The summed E-state index contributed by atoms with van der Waals surface area (Å²) < 4.78 is 11.2. The van der Waals surface area contributed by atoms with Crippen molar-refractivity contribution in [3.8, 4) is 17.4 Å². The summed E-state index contributed by atoms with van der Waals surface area (Å²) in [5, 5.41) is 16.6. The predicted octanol–water partition coefficient (Wildman–Crippen LogP) is 9.96. The van der Waals surface area contributed by atoms with Gasteiger partial charge in [-0.1, -0.05) is 66.2 Å². The van der Waals surface area contributed by atoms with E-state index in [9.17, 15) is 5.26 Å². The molecule has 0 radical (unpaired) electrons. The molecular weight excluding hydrogens is 514 g/mol. The van der Waals surface area contributed by atoms with Gasteiger partial charge in [0, 0.05) is 38.0 Å². The fourth-order valence-corrected chi connectivity index (χ4v) is 6.75. The fourth-order valence-electron chi connectivity index (χ4n) is 6.75. The molecule has 4 heteroatoms. The van der Waals surface area contributed by atoms with Crippen LogP contribution in [0.2, 0.25) is 0 Å². The Labute approximate surface area is 240 Å². The van der Waals surface area contributed by atoms with Crippen molar-refractivity contribution in [1.29, 1.82) is 5.26 Å². The summed E-state index contributed by atoms with van der Waals surface area (Å²) in [6.07, 6.45) is 0. The first-order valence-corrected chi connectivity index (χ1v) is 14.1. The lowest BCUT2D eigenvalue weighted by atomic mass is 10.1. The monoisotopic (exact) mass is 537 g/mol. The normalized spacial score (nSPS) is 11.9. The molecular formula is C38H23N3O. The molecule has 6 aromatic carbocycles. The highest BCUT2D eigenvalue weighted by molar-refractivity contribution is 6.14. The number of aryl methyl sites for hydroxylation is 1. The number of nitrogens with zero attached hydrogens (tertiary/aromatic N) is 3. The Morgan fingerprint density at radius 1 is 0.548 bits per heavy atom. The molecule has 3 aromatic heterocycles. The first-order chi connectivity index (χ1) is 20.7. The first-order valence-electron chi connectivity index (χ1n) is 14.1. The molecule has 4 nitrogen and oxygen atoms in total. The quantitative estimate of drug-likeness (QED) is 0.220. The van der Waals surface area contributed by atoms with Crippen LogP contribution in [0.3, 0.4) is 0 Å². The maximum Gasteiger partial charge on any atom is 0.159 e. The Morgan fingerprint density at radius 2 is 1.26 bits per heavy atom. The standard InChI is InChI=1S/C38H23N3O/c1-23-13-17-34-30(19-23)27-8-3-4-10-32(27)40(34)25-15-18-37-31(21-25)29-9-6-12-35(38(29)42-37)41-33-11-5-2-7-26(33)28-16-14-24(22-39)20-36(28)41/h2-21H,1H3. The molecule has 9 rings (SSSR count). The SMILES string of the molecule is Cc1ccc2c(c1)c1ccccc1n2-c1ccc2oc3c(-n4c5ccccc5c5ccc(C#N)cc54)cccc3c2c1. The van der Waals surface area contributed by atoms with E-state index < -0.39 is 0 Å². The molecule has 0 fully saturated rings. The second-order valence-corrected chi connectivity index (χ2v) is 11.0. The minimum absolute atomic E-state index is 0.634. The molecule has 0 N–H and O–H groups in total. The highest BCUT2D eigenvalue weighted by atomic mass is 16.3. The Hall–Kier alpha value is -5.79. The zero-order valence-electron chi connectivity index (χ0n) is 22.8. The first kappa shape index (κ1) is 23.0. The van der Waals surface area contributed by atoms with Gasteiger partial charge < -0.3 is 13.6 Å². The second-order valence-electron chi connectivity index (χ2n) is 11.0. The summed E-state index contributed by atoms with van der Waals surface area (Å²) in [6.45, 7) is 2.14. The number of para-hydroxylation sites is 3. The lowest BCUT2D eigenvalue weighted by Gasteiger charge is -2.09. The molecule has 0 unspecified atom stereocenters.